The van der Waals surface area contributed by atoms with Gasteiger partial charge in [-0.3, -0.25) is 14.9 Å². The van der Waals surface area contributed by atoms with E-state index in [1.165, 1.54) is 19.3 Å². The van der Waals surface area contributed by atoms with Crippen molar-refractivity contribution in [3.8, 4) is 0 Å². The molecule has 6 nitrogen and oxygen atoms in total. The molecule has 4 aliphatic carbocycles. The fraction of sp³-hybridized carbons (Fsp3) is 0.650. The first-order valence-electron chi connectivity index (χ1n) is 10.1. The first-order valence-corrected chi connectivity index (χ1v) is 10.1. The molecule has 3 N–H and O–H groups in total. The van der Waals surface area contributed by atoms with Gasteiger partial charge in [0.15, 0.2) is 6.04 Å². The fourth-order valence-corrected chi connectivity index (χ4v) is 6.22. The van der Waals surface area contributed by atoms with Crippen LogP contribution in [0.25, 0.3) is 0 Å². The van der Waals surface area contributed by atoms with E-state index >= 15 is 0 Å². The maximum absolute atomic E-state index is 13.3. The average molecular weight is 412 g/mol. The van der Waals surface area contributed by atoms with E-state index in [-0.39, 0.29) is 5.54 Å². The Balaban J connectivity index is 1.49. The molecule has 4 bridgehead atoms. The van der Waals surface area contributed by atoms with Crippen LogP contribution < -0.4 is 10.6 Å². The lowest BCUT2D eigenvalue weighted by atomic mass is 9.53. The Morgan fingerprint density at radius 1 is 1.21 bits per heavy atom. The van der Waals surface area contributed by atoms with E-state index < -0.39 is 40.0 Å². The van der Waals surface area contributed by atoms with E-state index in [0.29, 0.717) is 23.8 Å². The lowest BCUT2D eigenvalue weighted by molar-refractivity contribution is -0.754. The quantitative estimate of drug-likeness (QED) is 0.573. The number of nitro groups is 1. The van der Waals surface area contributed by atoms with Gasteiger partial charge in [0.25, 0.3) is 11.6 Å². The number of halogens is 3. The molecule has 1 atom stereocenters. The normalized spacial score (nSPS) is 31.5. The Hall–Kier alpha value is -2.16. The van der Waals surface area contributed by atoms with Crippen LogP contribution in [0.1, 0.15) is 51.0 Å². The fourth-order valence-electron chi connectivity index (χ4n) is 6.22. The third kappa shape index (κ3) is 3.97. The molecule has 4 saturated carbocycles. The molecule has 0 aliphatic heterocycles. The number of benzene rings is 1. The smallest absolute Gasteiger partial charge is 0.331 e. The summed E-state index contributed by atoms with van der Waals surface area (Å²) in [7, 11) is 0. The Morgan fingerprint density at radius 3 is 2.24 bits per heavy atom. The number of carbonyl (C=O) groups excluding carboxylic acids is 1. The zero-order chi connectivity index (χ0) is 21.0. The number of nitrogens with two attached hydrogens (primary N) is 1. The number of nitrogens with zero attached hydrogens (tertiary/aromatic N) is 1. The van der Waals surface area contributed by atoms with Crippen molar-refractivity contribution in [2.75, 3.05) is 5.32 Å². The topological polar surface area (TPSA) is 88.8 Å². The van der Waals surface area contributed by atoms with Crippen LogP contribution in [0.2, 0.25) is 0 Å². The summed E-state index contributed by atoms with van der Waals surface area (Å²) in [6.07, 6.45) is 2.22. The van der Waals surface area contributed by atoms with E-state index in [1.807, 2.05) is 0 Å². The molecule has 1 aromatic carbocycles. The standard InChI is InChI=1S/C20H24F3N3O3/c1-11(25-19-8-12-4-13(9-19)6-14(5-12)10-19)18(27)24-17-3-2-15(26(28)29)7-16(17)20(21,22)23/h2-3,7,11-14,25H,4-6,8-10H2,1H3,(H,24,27)/p+1/t11-,12?,13?,14?,19?/m1/s1. The Morgan fingerprint density at radius 2 is 1.76 bits per heavy atom. The SMILES string of the molecule is C[C@@H]([NH2+]C12CC3CC(CC(C3)C1)C2)C(=O)Nc1ccc([N+](=O)[O-])cc1C(F)(F)F. The largest absolute Gasteiger partial charge is 0.418 e. The Kier molecular flexibility index (Phi) is 4.83. The molecule has 0 heterocycles. The molecule has 0 unspecified atom stereocenters. The van der Waals surface area contributed by atoms with Gasteiger partial charge in [-0.15, -0.1) is 0 Å². The molecule has 0 spiro atoms. The molecule has 0 saturated heterocycles. The number of nitrogens with one attached hydrogen (secondary N) is 1. The van der Waals surface area contributed by atoms with Gasteiger partial charge in [0, 0.05) is 31.4 Å². The van der Waals surface area contributed by atoms with Crippen LogP contribution in [0, 0.1) is 27.9 Å². The highest BCUT2D eigenvalue weighted by Gasteiger charge is 2.54. The van der Waals surface area contributed by atoms with Gasteiger partial charge in [0.05, 0.1) is 21.7 Å². The molecule has 0 aromatic heterocycles. The van der Waals surface area contributed by atoms with Crippen LogP contribution in [0.3, 0.4) is 0 Å². The van der Waals surface area contributed by atoms with Crippen molar-refractivity contribution in [3.63, 3.8) is 0 Å². The van der Waals surface area contributed by atoms with E-state index in [1.54, 1.807) is 6.92 Å². The second-order valence-corrected chi connectivity index (χ2v) is 9.21. The first kappa shape index (κ1) is 20.1. The number of nitro benzene ring substituents is 1. The van der Waals surface area contributed by atoms with Gasteiger partial charge in [-0.25, -0.2) is 0 Å². The number of alkyl halides is 3. The minimum absolute atomic E-state index is 0.0217. The molecule has 29 heavy (non-hydrogen) atoms. The van der Waals surface area contributed by atoms with E-state index in [0.717, 1.165) is 31.4 Å². The maximum Gasteiger partial charge on any atom is 0.418 e. The van der Waals surface area contributed by atoms with Crippen LogP contribution in [0.4, 0.5) is 24.5 Å². The minimum Gasteiger partial charge on any atom is -0.331 e. The summed E-state index contributed by atoms with van der Waals surface area (Å²) in [6, 6.07) is 1.85. The summed E-state index contributed by atoms with van der Waals surface area (Å²) in [5, 5.41) is 15.2. The van der Waals surface area contributed by atoms with Crippen molar-refractivity contribution < 1.29 is 28.2 Å². The van der Waals surface area contributed by atoms with Crippen LogP contribution >= 0.6 is 0 Å². The first-order chi connectivity index (χ1) is 13.5. The minimum atomic E-state index is -4.80. The molecule has 1 aromatic rings. The number of carbonyl (C=O) groups is 1. The predicted octanol–water partition coefficient (Wildman–Crippen LogP) is 3.47. The van der Waals surface area contributed by atoms with Crippen molar-refractivity contribution in [2.24, 2.45) is 17.8 Å². The van der Waals surface area contributed by atoms with Gasteiger partial charge in [0.1, 0.15) is 0 Å². The molecular formula is C20H25F3N3O3+. The van der Waals surface area contributed by atoms with Crippen LogP contribution in [-0.2, 0) is 11.0 Å². The molecule has 0 radical (unpaired) electrons. The lowest BCUT2D eigenvalue weighted by Crippen LogP contribution is -3.03. The van der Waals surface area contributed by atoms with Crippen molar-refractivity contribution >= 4 is 17.3 Å². The summed E-state index contributed by atoms with van der Waals surface area (Å²) >= 11 is 0. The predicted molar refractivity (Wildman–Crippen MR) is 99.0 cm³/mol. The monoisotopic (exact) mass is 412 g/mol. The van der Waals surface area contributed by atoms with Crippen LogP contribution in [0.5, 0.6) is 0 Å². The summed E-state index contributed by atoms with van der Waals surface area (Å²) in [6.45, 7) is 1.71. The summed E-state index contributed by atoms with van der Waals surface area (Å²) in [5.41, 5.74) is -2.29. The molecule has 9 heteroatoms. The second-order valence-electron chi connectivity index (χ2n) is 9.21. The summed E-state index contributed by atoms with van der Waals surface area (Å²) in [4.78, 5) is 22.6. The van der Waals surface area contributed by atoms with Crippen molar-refractivity contribution in [1.82, 2.24) is 0 Å². The zero-order valence-corrected chi connectivity index (χ0v) is 16.2. The number of rotatable bonds is 5. The van der Waals surface area contributed by atoms with Gasteiger partial charge in [-0.1, -0.05) is 0 Å². The third-order valence-electron chi connectivity index (χ3n) is 6.88. The highest BCUT2D eigenvalue weighted by Crippen LogP contribution is 2.54. The van der Waals surface area contributed by atoms with Gasteiger partial charge in [-0.2, -0.15) is 13.2 Å². The molecule has 4 aliphatic rings. The molecule has 5 rings (SSSR count). The van der Waals surface area contributed by atoms with Gasteiger partial charge < -0.3 is 10.6 Å². The number of anilines is 1. The van der Waals surface area contributed by atoms with Gasteiger partial charge in [0.2, 0.25) is 0 Å². The number of non-ortho nitro benzene ring substituents is 1. The zero-order valence-electron chi connectivity index (χ0n) is 16.2. The highest BCUT2D eigenvalue weighted by atomic mass is 19.4. The summed E-state index contributed by atoms with van der Waals surface area (Å²) < 4.78 is 40.0. The summed E-state index contributed by atoms with van der Waals surface area (Å²) in [5.74, 6) is 1.61. The number of hydrogen-bond donors (Lipinski definition) is 2. The lowest BCUT2D eigenvalue weighted by Gasteiger charge is -2.55. The molecule has 1 amide bonds. The van der Waals surface area contributed by atoms with Gasteiger partial charge >= 0.3 is 6.18 Å². The third-order valence-corrected chi connectivity index (χ3v) is 6.88. The van der Waals surface area contributed by atoms with Crippen molar-refractivity contribution in [3.05, 3.63) is 33.9 Å². The number of quaternary nitrogens is 1. The van der Waals surface area contributed by atoms with E-state index in [2.05, 4.69) is 10.6 Å². The second kappa shape index (κ2) is 6.97. The van der Waals surface area contributed by atoms with Gasteiger partial charge in [-0.05, 0) is 50.0 Å². The average Bonchev–Trinajstić information content (AvgIpc) is 2.59. The Labute approximate surface area is 166 Å². The van der Waals surface area contributed by atoms with Crippen LogP contribution in [0.15, 0.2) is 18.2 Å². The van der Waals surface area contributed by atoms with Crippen molar-refractivity contribution in [1.29, 1.82) is 0 Å². The van der Waals surface area contributed by atoms with Crippen molar-refractivity contribution in [2.45, 2.75) is 63.2 Å². The maximum atomic E-state index is 13.3. The van der Waals surface area contributed by atoms with E-state index in [4.69, 9.17) is 0 Å². The highest BCUT2D eigenvalue weighted by molar-refractivity contribution is 5.94. The molecule has 158 valence electrons. The number of amides is 1. The van der Waals surface area contributed by atoms with Crippen LogP contribution in [-0.4, -0.2) is 22.4 Å². The number of hydrogen-bond acceptors (Lipinski definition) is 3. The van der Waals surface area contributed by atoms with E-state index in [9.17, 15) is 28.1 Å². The Bertz CT molecular complexity index is 805. The molecule has 4 fully saturated rings. The molecular weight excluding hydrogens is 387 g/mol.